The van der Waals surface area contributed by atoms with Crippen LogP contribution in [-0.2, 0) is 0 Å². The summed E-state index contributed by atoms with van der Waals surface area (Å²) in [4.78, 5) is 7.03. The molecular weight excluding hydrogens is 348 g/mol. The van der Waals surface area contributed by atoms with Crippen LogP contribution in [-0.4, -0.2) is 24.7 Å². The second-order valence-corrected chi connectivity index (χ2v) is 7.07. The number of nitrogens with zero attached hydrogens (tertiary/aromatic N) is 2. The van der Waals surface area contributed by atoms with Crippen LogP contribution in [0.1, 0.15) is 24.4 Å². The fourth-order valence-corrected chi connectivity index (χ4v) is 4.27. The van der Waals surface area contributed by atoms with Crippen LogP contribution in [0.25, 0.3) is 10.8 Å². The van der Waals surface area contributed by atoms with Crippen molar-refractivity contribution in [1.82, 2.24) is 4.98 Å². The lowest BCUT2D eigenvalue weighted by atomic mass is 10.0. The number of hydrogen-bond acceptors (Lipinski definition) is 4. The van der Waals surface area contributed by atoms with Crippen LogP contribution in [0.15, 0.2) is 48.5 Å². The second-order valence-electron chi connectivity index (χ2n) is 6.72. The first kappa shape index (κ1) is 15.8. The highest BCUT2D eigenvalue weighted by Gasteiger charge is 2.31. The van der Waals surface area contributed by atoms with Crippen LogP contribution < -0.4 is 14.4 Å². The number of fused-ring (bicyclic) bond motifs is 2. The Morgan fingerprint density at radius 1 is 1.04 bits per heavy atom. The van der Waals surface area contributed by atoms with Crippen LogP contribution in [0, 0.1) is 0 Å². The van der Waals surface area contributed by atoms with Crippen molar-refractivity contribution in [3.63, 3.8) is 0 Å². The van der Waals surface area contributed by atoms with Gasteiger partial charge in [0.25, 0.3) is 0 Å². The zero-order valence-electron chi connectivity index (χ0n) is 14.3. The molecule has 1 aromatic heterocycles. The van der Waals surface area contributed by atoms with Crippen LogP contribution in [0.2, 0.25) is 5.15 Å². The average molecular weight is 367 g/mol. The van der Waals surface area contributed by atoms with Crippen LogP contribution in [0.3, 0.4) is 0 Å². The summed E-state index contributed by atoms with van der Waals surface area (Å²) >= 11 is 6.47. The van der Waals surface area contributed by atoms with Crippen LogP contribution >= 0.6 is 11.6 Å². The summed E-state index contributed by atoms with van der Waals surface area (Å²) in [5.74, 6) is 2.64. The molecule has 1 unspecified atom stereocenters. The normalized spacial score (nSPS) is 19.1. The summed E-state index contributed by atoms with van der Waals surface area (Å²) in [5.41, 5.74) is 1.17. The van der Waals surface area contributed by atoms with Gasteiger partial charge in [0.1, 0.15) is 24.2 Å². The third kappa shape index (κ3) is 2.56. The summed E-state index contributed by atoms with van der Waals surface area (Å²) in [5, 5.41) is 2.66. The number of ether oxygens (including phenoxy) is 2. The van der Waals surface area contributed by atoms with Gasteiger partial charge in [-0.05, 0) is 30.4 Å². The van der Waals surface area contributed by atoms with Crippen molar-refractivity contribution in [2.45, 2.75) is 18.9 Å². The standard InChI is InChI=1S/C21H19ClN2O2/c22-21-15-6-2-1-5-14(15)13-19(23-21)24-10-4-8-17(24)16-7-3-9-18-20(16)26-12-11-25-18/h1-3,5-7,9,13,17H,4,8,10-12H2. The van der Waals surface area contributed by atoms with Crippen LogP contribution in [0.4, 0.5) is 5.82 Å². The number of halogens is 1. The quantitative estimate of drug-likeness (QED) is 0.598. The SMILES string of the molecule is Clc1nc(N2CCCC2c2cccc3c2OCCO3)cc2ccccc12. The van der Waals surface area contributed by atoms with Gasteiger partial charge < -0.3 is 14.4 Å². The molecule has 26 heavy (non-hydrogen) atoms. The van der Waals surface area contributed by atoms with E-state index in [-0.39, 0.29) is 6.04 Å². The maximum atomic E-state index is 6.47. The lowest BCUT2D eigenvalue weighted by Gasteiger charge is -2.30. The maximum Gasteiger partial charge on any atom is 0.166 e. The van der Waals surface area contributed by atoms with E-state index in [9.17, 15) is 0 Å². The Bertz CT molecular complexity index is 975. The molecule has 0 radical (unpaired) electrons. The molecule has 0 amide bonds. The molecule has 5 rings (SSSR count). The Morgan fingerprint density at radius 2 is 1.92 bits per heavy atom. The maximum absolute atomic E-state index is 6.47. The van der Waals surface area contributed by atoms with Gasteiger partial charge in [-0.25, -0.2) is 4.98 Å². The lowest BCUT2D eigenvalue weighted by Crippen LogP contribution is -2.25. The van der Waals surface area contributed by atoms with E-state index in [2.05, 4.69) is 23.1 Å². The average Bonchev–Trinajstić information content (AvgIpc) is 3.17. The van der Waals surface area contributed by atoms with Crippen molar-refractivity contribution in [2.24, 2.45) is 0 Å². The Morgan fingerprint density at radius 3 is 2.88 bits per heavy atom. The van der Waals surface area contributed by atoms with Gasteiger partial charge in [-0.2, -0.15) is 0 Å². The number of hydrogen-bond donors (Lipinski definition) is 0. The van der Waals surface area contributed by atoms with E-state index < -0.39 is 0 Å². The number of rotatable bonds is 2. The monoisotopic (exact) mass is 366 g/mol. The Kier molecular flexibility index (Phi) is 3.86. The Labute approximate surface area is 157 Å². The molecule has 0 aliphatic carbocycles. The smallest absolute Gasteiger partial charge is 0.166 e. The minimum absolute atomic E-state index is 0.219. The van der Waals surface area contributed by atoms with Crippen molar-refractivity contribution in [1.29, 1.82) is 0 Å². The number of anilines is 1. The van der Waals surface area contributed by atoms with Crippen LogP contribution in [0.5, 0.6) is 11.5 Å². The Balaban J connectivity index is 1.58. The molecule has 132 valence electrons. The first-order valence-electron chi connectivity index (χ1n) is 9.02. The van der Waals surface area contributed by atoms with Gasteiger partial charge in [-0.3, -0.25) is 0 Å². The summed E-state index contributed by atoms with van der Waals surface area (Å²) in [6.07, 6.45) is 2.17. The zero-order valence-corrected chi connectivity index (χ0v) is 15.1. The molecule has 2 aliphatic heterocycles. The van der Waals surface area contributed by atoms with Gasteiger partial charge in [-0.1, -0.05) is 48.0 Å². The molecule has 2 aromatic carbocycles. The van der Waals surface area contributed by atoms with E-state index in [1.807, 2.05) is 30.3 Å². The van der Waals surface area contributed by atoms with Gasteiger partial charge in [-0.15, -0.1) is 0 Å². The van der Waals surface area contributed by atoms with Gasteiger partial charge in [0, 0.05) is 17.5 Å². The first-order valence-corrected chi connectivity index (χ1v) is 9.39. The van der Waals surface area contributed by atoms with E-state index in [4.69, 9.17) is 26.1 Å². The molecule has 0 bridgehead atoms. The second kappa shape index (κ2) is 6.36. The van der Waals surface area contributed by atoms with Crippen molar-refractivity contribution in [3.8, 4) is 11.5 Å². The largest absolute Gasteiger partial charge is 0.486 e. The third-order valence-corrected chi connectivity index (χ3v) is 5.47. The highest BCUT2D eigenvalue weighted by molar-refractivity contribution is 6.34. The van der Waals surface area contributed by atoms with Crippen molar-refractivity contribution in [2.75, 3.05) is 24.7 Å². The lowest BCUT2D eigenvalue weighted by molar-refractivity contribution is 0.169. The molecule has 3 aromatic rings. The van der Waals surface area contributed by atoms with Crippen molar-refractivity contribution >= 4 is 28.2 Å². The fourth-order valence-electron chi connectivity index (χ4n) is 4.01. The molecule has 1 atom stereocenters. The predicted molar refractivity (Wildman–Crippen MR) is 104 cm³/mol. The molecule has 0 spiro atoms. The van der Waals surface area contributed by atoms with Crippen molar-refractivity contribution in [3.05, 3.63) is 59.2 Å². The van der Waals surface area contributed by atoms with Gasteiger partial charge in [0.15, 0.2) is 11.5 Å². The number of pyridine rings is 1. The molecule has 1 saturated heterocycles. The topological polar surface area (TPSA) is 34.6 Å². The predicted octanol–water partition coefficient (Wildman–Crippen LogP) is 5.00. The van der Waals surface area contributed by atoms with Gasteiger partial charge >= 0.3 is 0 Å². The number of benzene rings is 2. The zero-order chi connectivity index (χ0) is 17.5. The summed E-state index contributed by atoms with van der Waals surface area (Å²) in [7, 11) is 0. The number of aromatic nitrogens is 1. The van der Waals surface area contributed by atoms with E-state index in [0.29, 0.717) is 18.4 Å². The molecule has 2 aliphatic rings. The van der Waals surface area contributed by atoms with Crippen molar-refractivity contribution < 1.29 is 9.47 Å². The molecule has 5 heteroatoms. The third-order valence-electron chi connectivity index (χ3n) is 5.18. The molecular formula is C21H19ClN2O2. The van der Waals surface area contributed by atoms with Gasteiger partial charge in [0.05, 0.1) is 6.04 Å². The summed E-state index contributed by atoms with van der Waals surface area (Å²) < 4.78 is 11.7. The van der Waals surface area contributed by atoms with E-state index in [0.717, 1.165) is 47.5 Å². The van der Waals surface area contributed by atoms with Gasteiger partial charge in [0.2, 0.25) is 0 Å². The Hall–Kier alpha value is -2.46. The van der Waals surface area contributed by atoms with E-state index in [1.165, 1.54) is 5.56 Å². The molecule has 3 heterocycles. The number of para-hydroxylation sites is 1. The van der Waals surface area contributed by atoms with E-state index in [1.54, 1.807) is 0 Å². The van der Waals surface area contributed by atoms with E-state index >= 15 is 0 Å². The molecule has 1 fully saturated rings. The minimum Gasteiger partial charge on any atom is -0.486 e. The molecule has 0 N–H and O–H groups in total. The fraction of sp³-hybridized carbons (Fsp3) is 0.286. The molecule has 0 saturated carbocycles. The highest BCUT2D eigenvalue weighted by atomic mass is 35.5. The first-order chi connectivity index (χ1) is 12.8. The molecule has 4 nitrogen and oxygen atoms in total. The highest BCUT2D eigenvalue weighted by Crippen LogP contribution is 2.44. The summed E-state index contributed by atoms with van der Waals surface area (Å²) in [6, 6.07) is 16.6. The minimum atomic E-state index is 0.219. The summed E-state index contributed by atoms with van der Waals surface area (Å²) in [6.45, 7) is 2.15.